The summed E-state index contributed by atoms with van der Waals surface area (Å²) in [7, 11) is 0. The summed E-state index contributed by atoms with van der Waals surface area (Å²) in [6.45, 7) is 3.91. The molecule has 1 atom stereocenters. The van der Waals surface area contributed by atoms with Gasteiger partial charge in [0.1, 0.15) is 6.29 Å². The van der Waals surface area contributed by atoms with Crippen molar-refractivity contribution in [2.75, 3.05) is 0 Å². The zero-order valence-electron chi connectivity index (χ0n) is 5.54. The van der Waals surface area contributed by atoms with Crippen LogP contribution in [0.1, 0.15) is 13.8 Å². The third-order valence-electron chi connectivity index (χ3n) is 1.11. The molecule has 0 heterocycles. The third-order valence-corrected chi connectivity index (χ3v) is 1.75. The predicted molar refractivity (Wildman–Crippen MR) is 44.7 cm³/mol. The Morgan fingerprint density at radius 2 is 2.11 bits per heavy atom. The molecular weight excluding hydrogens is 231 g/mol. The van der Waals surface area contributed by atoms with Crippen molar-refractivity contribution in [3.8, 4) is 0 Å². The standard InChI is InChI=1S/C5H11IN2O/c1-4(2)5(3-9)8(6)7/h3-5H,7H2,1-2H3. The fourth-order valence-corrected chi connectivity index (χ4v) is 1.27. The van der Waals surface area contributed by atoms with Crippen molar-refractivity contribution in [2.45, 2.75) is 19.9 Å². The molecule has 0 aliphatic heterocycles. The van der Waals surface area contributed by atoms with Crippen LogP contribution in [0.5, 0.6) is 0 Å². The minimum absolute atomic E-state index is 0.161. The van der Waals surface area contributed by atoms with Gasteiger partial charge in [-0.1, -0.05) is 13.8 Å². The highest BCUT2D eigenvalue weighted by Crippen LogP contribution is 2.07. The second kappa shape index (κ2) is 4.19. The number of nitrogens with zero attached hydrogens (tertiary/aromatic N) is 1. The summed E-state index contributed by atoms with van der Waals surface area (Å²) in [5.74, 6) is 5.62. The lowest BCUT2D eigenvalue weighted by molar-refractivity contribution is -0.111. The van der Waals surface area contributed by atoms with Crippen LogP contribution in [0, 0.1) is 5.92 Å². The van der Waals surface area contributed by atoms with Crippen LogP contribution in [0.15, 0.2) is 0 Å². The Hall–Kier alpha value is 0.320. The molecule has 1 unspecified atom stereocenters. The van der Waals surface area contributed by atoms with E-state index in [0.717, 1.165) is 6.29 Å². The van der Waals surface area contributed by atoms with Crippen LogP contribution in [0.3, 0.4) is 0 Å². The first kappa shape index (κ1) is 9.32. The van der Waals surface area contributed by atoms with E-state index in [1.54, 1.807) is 0 Å². The van der Waals surface area contributed by atoms with E-state index in [9.17, 15) is 4.79 Å². The second-order valence-corrected chi connectivity index (χ2v) is 3.33. The Morgan fingerprint density at radius 1 is 1.67 bits per heavy atom. The Morgan fingerprint density at radius 3 is 2.11 bits per heavy atom. The van der Waals surface area contributed by atoms with Crippen molar-refractivity contribution in [1.82, 2.24) is 3.22 Å². The SMILES string of the molecule is CC(C)C(C=O)N(N)I. The second-order valence-electron chi connectivity index (χ2n) is 2.21. The lowest BCUT2D eigenvalue weighted by Gasteiger charge is -2.18. The van der Waals surface area contributed by atoms with E-state index in [0.29, 0.717) is 0 Å². The molecule has 0 aromatic carbocycles. The molecule has 0 aliphatic rings. The van der Waals surface area contributed by atoms with E-state index in [-0.39, 0.29) is 12.0 Å². The summed E-state index contributed by atoms with van der Waals surface area (Å²) in [6.07, 6.45) is 0.858. The summed E-state index contributed by atoms with van der Waals surface area (Å²) in [5, 5.41) is 0. The van der Waals surface area contributed by atoms with Crippen LogP contribution in [-0.2, 0) is 4.79 Å². The summed E-state index contributed by atoms with van der Waals surface area (Å²) >= 11 is 1.90. The first-order valence-electron chi connectivity index (χ1n) is 2.74. The lowest BCUT2D eigenvalue weighted by Crippen LogP contribution is -2.37. The molecule has 54 valence electrons. The molecule has 0 aromatic heterocycles. The van der Waals surface area contributed by atoms with Gasteiger partial charge in [-0.2, -0.15) is 3.22 Å². The van der Waals surface area contributed by atoms with Gasteiger partial charge in [0.2, 0.25) is 0 Å². The van der Waals surface area contributed by atoms with Gasteiger partial charge in [-0.15, -0.1) is 0 Å². The van der Waals surface area contributed by atoms with Gasteiger partial charge in [-0.05, 0) is 5.92 Å². The number of hydrogen-bond donors (Lipinski definition) is 1. The van der Waals surface area contributed by atoms with Gasteiger partial charge in [0, 0.05) is 22.9 Å². The van der Waals surface area contributed by atoms with Crippen molar-refractivity contribution < 1.29 is 4.79 Å². The highest BCUT2D eigenvalue weighted by atomic mass is 127. The van der Waals surface area contributed by atoms with Gasteiger partial charge >= 0.3 is 0 Å². The Kier molecular flexibility index (Phi) is 4.33. The molecular formula is C5H11IN2O. The molecule has 0 saturated heterocycles. The van der Waals surface area contributed by atoms with Crippen molar-refractivity contribution in [3.63, 3.8) is 0 Å². The summed E-state index contributed by atoms with van der Waals surface area (Å²) < 4.78 is 1.40. The summed E-state index contributed by atoms with van der Waals surface area (Å²) in [5.41, 5.74) is 0. The van der Waals surface area contributed by atoms with Crippen LogP contribution in [0.2, 0.25) is 0 Å². The van der Waals surface area contributed by atoms with E-state index in [1.165, 1.54) is 3.22 Å². The van der Waals surface area contributed by atoms with Gasteiger partial charge < -0.3 is 4.79 Å². The molecule has 0 spiro atoms. The van der Waals surface area contributed by atoms with Gasteiger partial charge in [0.15, 0.2) is 0 Å². The maximum Gasteiger partial charge on any atom is 0.139 e. The van der Waals surface area contributed by atoms with Crippen molar-refractivity contribution in [3.05, 3.63) is 0 Å². The van der Waals surface area contributed by atoms with Crippen molar-refractivity contribution in [2.24, 2.45) is 11.8 Å². The van der Waals surface area contributed by atoms with Gasteiger partial charge in [0.05, 0.1) is 6.04 Å². The minimum Gasteiger partial charge on any atom is -0.302 e. The topological polar surface area (TPSA) is 46.3 Å². The number of rotatable bonds is 3. The molecule has 0 fully saturated rings. The number of carbonyl (C=O) groups excluding carboxylic acids is 1. The zero-order chi connectivity index (χ0) is 7.44. The molecule has 0 saturated carbocycles. The molecule has 0 radical (unpaired) electrons. The average molecular weight is 242 g/mol. The Balaban J connectivity index is 3.82. The van der Waals surface area contributed by atoms with Gasteiger partial charge in [-0.25, -0.2) is 0 Å². The van der Waals surface area contributed by atoms with E-state index < -0.39 is 0 Å². The quantitative estimate of drug-likeness (QED) is 0.261. The molecule has 0 aromatic rings. The number of hydrazine groups is 1. The largest absolute Gasteiger partial charge is 0.302 e. The normalized spacial score (nSPS) is 14.4. The monoisotopic (exact) mass is 242 g/mol. The predicted octanol–water partition coefficient (Wildman–Crippen LogP) is 0.736. The molecule has 2 N–H and O–H groups in total. The van der Waals surface area contributed by atoms with Gasteiger partial charge in [0.25, 0.3) is 0 Å². The van der Waals surface area contributed by atoms with Gasteiger partial charge in [-0.3, -0.25) is 5.84 Å². The lowest BCUT2D eigenvalue weighted by atomic mass is 10.1. The highest BCUT2D eigenvalue weighted by molar-refractivity contribution is 14.1. The zero-order valence-corrected chi connectivity index (χ0v) is 7.70. The van der Waals surface area contributed by atoms with E-state index in [4.69, 9.17) is 5.84 Å². The van der Waals surface area contributed by atoms with E-state index in [2.05, 4.69) is 0 Å². The number of carbonyl (C=O) groups is 1. The maximum absolute atomic E-state index is 10.3. The van der Waals surface area contributed by atoms with E-state index >= 15 is 0 Å². The molecule has 0 amide bonds. The van der Waals surface area contributed by atoms with Crippen molar-refractivity contribution >= 4 is 29.2 Å². The number of aldehydes is 1. The molecule has 9 heavy (non-hydrogen) atoms. The molecule has 0 aliphatic carbocycles. The fourth-order valence-electron chi connectivity index (χ4n) is 0.500. The van der Waals surface area contributed by atoms with Crippen LogP contribution in [0.25, 0.3) is 0 Å². The fraction of sp³-hybridized carbons (Fsp3) is 0.800. The maximum atomic E-state index is 10.3. The number of hydrogen-bond acceptors (Lipinski definition) is 3. The molecule has 0 bridgehead atoms. The van der Waals surface area contributed by atoms with Crippen LogP contribution in [-0.4, -0.2) is 15.6 Å². The molecule has 4 heteroatoms. The number of nitrogens with two attached hydrogens (primary N) is 1. The smallest absolute Gasteiger partial charge is 0.139 e. The highest BCUT2D eigenvalue weighted by Gasteiger charge is 2.15. The molecule has 3 nitrogen and oxygen atoms in total. The van der Waals surface area contributed by atoms with E-state index in [1.807, 2.05) is 36.7 Å². The summed E-state index contributed by atoms with van der Waals surface area (Å²) in [4.78, 5) is 10.3. The minimum atomic E-state index is -0.161. The van der Waals surface area contributed by atoms with Crippen LogP contribution < -0.4 is 5.84 Å². The first-order valence-corrected chi connectivity index (χ1v) is 3.71. The third kappa shape index (κ3) is 3.12. The van der Waals surface area contributed by atoms with Crippen LogP contribution in [0.4, 0.5) is 0 Å². The Labute approximate surface area is 69.0 Å². The van der Waals surface area contributed by atoms with Crippen LogP contribution >= 0.6 is 22.9 Å². The summed E-state index contributed by atoms with van der Waals surface area (Å²) in [6, 6.07) is -0.161. The average Bonchev–Trinajstić information content (AvgIpc) is 1.64. The number of halogens is 1. The van der Waals surface area contributed by atoms with Crippen molar-refractivity contribution in [1.29, 1.82) is 0 Å². The Bertz CT molecular complexity index is 87.0. The first-order chi connectivity index (χ1) is 4.09. The molecule has 0 rings (SSSR count).